The lowest BCUT2D eigenvalue weighted by molar-refractivity contribution is -0.121. The number of H-pyrrole nitrogens is 1. The largest absolute Gasteiger partial charge is 0.478 e. The Labute approximate surface area is 114 Å². The minimum Gasteiger partial charge on any atom is -0.478 e. The molecule has 0 spiro atoms. The third-order valence-electron chi connectivity index (χ3n) is 2.90. The molecule has 1 aromatic carbocycles. The van der Waals surface area contributed by atoms with Crippen LogP contribution in [0.2, 0.25) is 0 Å². The number of aromatic amines is 1. The van der Waals surface area contributed by atoms with Crippen LogP contribution in [0.3, 0.4) is 0 Å². The molecule has 0 saturated heterocycles. The van der Waals surface area contributed by atoms with Gasteiger partial charge in [0.1, 0.15) is 6.54 Å². The number of carboxylic acid groups (broad SMARTS) is 1. The van der Waals surface area contributed by atoms with Gasteiger partial charge in [-0.15, -0.1) is 0 Å². The summed E-state index contributed by atoms with van der Waals surface area (Å²) in [6.45, 7) is 2.23. The first-order valence-corrected chi connectivity index (χ1v) is 6.26. The van der Waals surface area contributed by atoms with Gasteiger partial charge in [-0.25, -0.2) is 9.59 Å². The molecule has 0 saturated carbocycles. The fraction of sp³-hybridized carbons (Fsp3) is 0.308. The summed E-state index contributed by atoms with van der Waals surface area (Å²) in [4.78, 5) is 37.3. The molecule has 1 amide bonds. The van der Waals surface area contributed by atoms with Crippen molar-refractivity contribution in [1.29, 1.82) is 0 Å². The Morgan fingerprint density at radius 2 is 2.15 bits per heavy atom. The predicted octanol–water partition coefficient (Wildman–Crippen LogP) is 0.554. The lowest BCUT2D eigenvalue weighted by atomic mass is 10.2. The fourth-order valence-electron chi connectivity index (χ4n) is 2.01. The van der Waals surface area contributed by atoms with Crippen molar-refractivity contribution >= 4 is 22.9 Å². The van der Waals surface area contributed by atoms with Gasteiger partial charge in [0.05, 0.1) is 16.6 Å². The van der Waals surface area contributed by atoms with E-state index in [0.717, 1.165) is 11.0 Å². The van der Waals surface area contributed by atoms with Gasteiger partial charge in [0.25, 0.3) is 0 Å². The molecule has 3 N–H and O–H groups in total. The number of carbonyl (C=O) groups excluding carboxylic acids is 1. The van der Waals surface area contributed by atoms with Crippen LogP contribution in [0.5, 0.6) is 0 Å². The topological polar surface area (TPSA) is 104 Å². The maximum Gasteiger partial charge on any atom is 0.337 e. The summed E-state index contributed by atoms with van der Waals surface area (Å²) in [5.74, 6) is -1.47. The van der Waals surface area contributed by atoms with Gasteiger partial charge in [0.15, 0.2) is 0 Å². The second-order valence-electron chi connectivity index (χ2n) is 4.37. The monoisotopic (exact) mass is 277 g/mol. The van der Waals surface area contributed by atoms with Crippen molar-refractivity contribution in [3.63, 3.8) is 0 Å². The van der Waals surface area contributed by atoms with Crippen molar-refractivity contribution in [2.24, 2.45) is 0 Å². The van der Waals surface area contributed by atoms with Crippen LogP contribution in [0.1, 0.15) is 23.7 Å². The van der Waals surface area contributed by atoms with Gasteiger partial charge >= 0.3 is 11.7 Å². The molecule has 0 aliphatic heterocycles. The summed E-state index contributed by atoms with van der Waals surface area (Å²) < 4.78 is 1.14. The molecule has 20 heavy (non-hydrogen) atoms. The van der Waals surface area contributed by atoms with E-state index in [0.29, 0.717) is 12.1 Å². The van der Waals surface area contributed by atoms with Gasteiger partial charge < -0.3 is 15.4 Å². The third kappa shape index (κ3) is 2.56. The number of carbonyl (C=O) groups is 2. The van der Waals surface area contributed by atoms with E-state index in [9.17, 15) is 14.4 Å². The average molecular weight is 277 g/mol. The number of aromatic nitrogens is 2. The molecule has 0 radical (unpaired) electrons. The molecule has 0 bridgehead atoms. The zero-order valence-corrected chi connectivity index (χ0v) is 11.0. The van der Waals surface area contributed by atoms with Crippen molar-refractivity contribution in [3.05, 3.63) is 34.2 Å². The molecule has 0 fully saturated rings. The first kappa shape index (κ1) is 13.9. The van der Waals surface area contributed by atoms with Crippen LogP contribution in [0.15, 0.2) is 23.0 Å². The van der Waals surface area contributed by atoms with Crippen LogP contribution < -0.4 is 11.0 Å². The summed E-state index contributed by atoms with van der Waals surface area (Å²) in [6.07, 6.45) is 0.787. The molecule has 7 heteroatoms. The molecular formula is C13H15N3O4. The summed E-state index contributed by atoms with van der Waals surface area (Å²) >= 11 is 0. The Kier molecular flexibility index (Phi) is 3.88. The Morgan fingerprint density at radius 1 is 1.40 bits per heavy atom. The molecule has 2 rings (SSSR count). The summed E-state index contributed by atoms with van der Waals surface area (Å²) in [5.41, 5.74) is 0.124. The maximum absolute atomic E-state index is 11.9. The van der Waals surface area contributed by atoms with E-state index in [4.69, 9.17) is 5.11 Å². The second-order valence-corrected chi connectivity index (χ2v) is 4.37. The van der Waals surface area contributed by atoms with Gasteiger partial charge in [-0.1, -0.05) is 13.0 Å². The van der Waals surface area contributed by atoms with Crippen LogP contribution in [0.4, 0.5) is 0 Å². The quantitative estimate of drug-likeness (QED) is 0.742. The Balaban J connectivity index is 2.47. The minimum absolute atomic E-state index is 0.0101. The SMILES string of the molecule is CCCNC(=O)Cn1c(=O)[nH]c2cccc(C(=O)O)c21. The third-order valence-corrected chi connectivity index (χ3v) is 2.90. The van der Waals surface area contributed by atoms with Crippen molar-refractivity contribution in [2.45, 2.75) is 19.9 Å². The zero-order chi connectivity index (χ0) is 14.7. The number of fused-ring (bicyclic) bond motifs is 1. The van der Waals surface area contributed by atoms with Gasteiger partial charge in [-0.05, 0) is 18.6 Å². The van der Waals surface area contributed by atoms with Gasteiger partial charge in [-0.2, -0.15) is 0 Å². The number of benzene rings is 1. The van der Waals surface area contributed by atoms with E-state index < -0.39 is 11.7 Å². The Hall–Kier alpha value is -2.57. The second kappa shape index (κ2) is 5.60. The Morgan fingerprint density at radius 3 is 2.80 bits per heavy atom. The van der Waals surface area contributed by atoms with E-state index in [1.165, 1.54) is 6.07 Å². The van der Waals surface area contributed by atoms with Crippen LogP contribution in [-0.4, -0.2) is 33.1 Å². The van der Waals surface area contributed by atoms with Gasteiger partial charge in [-0.3, -0.25) is 9.36 Å². The van der Waals surface area contributed by atoms with Crippen molar-refractivity contribution < 1.29 is 14.7 Å². The number of amides is 1. The zero-order valence-electron chi connectivity index (χ0n) is 11.0. The molecule has 106 valence electrons. The van der Waals surface area contributed by atoms with E-state index in [2.05, 4.69) is 10.3 Å². The molecule has 2 aromatic rings. The number of para-hydroxylation sites is 1. The Bertz CT molecular complexity index is 714. The summed E-state index contributed by atoms with van der Waals surface area (Å²) in [5, 5.41) is 11.8. The predicted molar refractivity (Wildman–Crippen MR) is 72.8 cm³/mol. The molecule has 0 atom stereocenters. The van der Waals surface area contributed by atoms with E-state index >= 15 is 0 Å². The highest BCUT2D eigenvalue weighted by molar-refractivity contribution is 6.01. The average Bonchev–Trinajstić information content (AvgIpc) is 2.72. The molecule has 1 heterocycles. The number of hydrogen-bond acceptors (Lipinski definition) is 3. The fourth-order valence-corrected chi connectivity index (χ4v) is 2.01. The minimum atomic E-state index is -1.14. The standard InChI is InChI=1S/C13H15N3O4/c1-2-6-14-10(17)7-16-11-8(12(18)19)4-3-5-9(11)15-13(16)20/h3-5H,2,6-7H2,1H3,(H,14,17)(H,15,20)(H,18,19). The summed E-state index contributed by atoms with van der Waals surface area (Å²) in [7, 11) is 0. The van der Waals surface area contributed by atoms with E-state index in [-0.39, 0.29) is 23.5 Å². The van der Waals surface area contributed by atoms with Crippen molar-refractivity contribution in [3.8, 4) is 0 Å². The molecule has 0 unspecified atom stereocenters. The van der Waals surface area contributed by atoms with Crippen molar-refractivity contribution in [1.82, 2.24) is 14.9 Å². The molecule has 7 nitrogen and oxygen atoms in total. The number of nitrogens with one attached hydrogen (secondary N) is 2. The number of nitrogens with zero attached hydrogens (tertiary/aromatic N) is 1. The lowest BCUT2D eigenvalue weighted by Crippen LogP contribution is -2.32. The highest BCUT2D eigenvalue weighted by Gasteiger charge is 2.16. The van der Waals surface area contributed by atoms with Crippen LogP contribution in [0.25, 0.3) is 11.0 Å². The van der Waals surface area contributed by atoms with Crippen LogP contribution in [0, 0.1) is 0 Å². The molecule has 0 aliphatic rings. The number of rotatable bonds is 5. The van der Waals surface area contributed by atoms with Crippen LogP contribution >= 0.6 is 0 Å². The highest BCUT2D eigenvalue weighted by atomic mass is 16.4. The lowest BCUT2D eigenvalue weighted by Gasteiger charge is -2.06. The van der Waals surface area contributed by atoms with Crippen molar-refractivity contribution in [2.75, 3.05) is 6.54 Å². The number of aromatic carboxylic acids is 1. The molecule has 0 aliphatic carbocycles. The summed E-state index contributed by atoms with van der Waals surface area (Å²) in [6, 6.07) is 4.55. The maximum atomic E-state index is 11.9. The van der Waals surface area contributed by atoms with E-state index in [1.807, 2.05) is 6.92 Å². The van der Waals surface area contributed by atoms with Gasteiger partial charge in [0, 0.05) is 6.54 Å². The normalized spacial score (nSPS) is 10.7. The first-order valence-electron chi connectivity index (χ1n) is 6.26. The van der Waals surface area contributed by atoms with Crippen LogP contribution in [-0.2, 0) is 11.3 Å². The number of carboxylic acids is 1. The first-order chi connectivity index (χ1) is 9.54. The molecule has 1 aromatic heterocycles. The smallest absolute Gasteiger partial charge is 0.337 e. The van der Waals surface area contributed by atoms with Gasteiger partial charge in [0.2, 0.25) is 5.91 Å². The number of imidazole rings is 1. The molecular weight excluding hydrogens is 262 g/mol. The number of hydrogen-bond donors (Lipinski definition) is 3. The van der Waals surface area contributed by atoms with E-state index in [1.54, 1.807) is 12.1 Å². The highest BCUT2D eigenvalue weighted by Crippen LogP contribution is 2.15.